The third-order valence-electron chi connectivity index (χ3n) is 4.46. The summed E-state index contributed by atoms with van der Waals surface area (Å²) < 4.78 is 63.6. The number of aromatic nitrogens is 1. The van der Waals surface area contributed by atoms with Crippen molar-refractivity contribution in [3.63, 3.8) is 0 Å². The fraction of sp³-hybridized carbons (Fsp3) is 0.353. The van der Waals surface area contributed by atoms with Crippen LogP contribution in [0.4, 0.5) is 4.39 Å². The Labute approximate surface area is 152 Å². The van der Waals surface area contributed by atoms with E-state index < -0.39 is 42.5 Å². The van der Waals surface area contributed by atoms with Crippen molar-refractivity contribution in [2.45, 2.75) is 29.7 Å². The molecule has 2 aromatic rings. The van der Waals surface area contributed by atoms with Crippen LogP contribution in [0.1, 0.15) is 11.1 Å². The number of nitrogens with zero attached hydrogens (tertiary/aromatic N) is 1. The second-order valence-electron chi connectivity index (χ2n) is 6.41. The Hall–Kier alpha value is -1.84. The summed E-state index contributed by atoms with van der Waals surface area (Å²) in [6, 6.07) is 6.21. The van der Waals surface area contributed by atoms with Gasteiger partial charge in [0, 0.05) is 25.0 Å². The third kappa shape index (κ3) is 3.94. The van der Waals surface area contributed by atoms with Crippen molar-refractivity contribution in [2.24, 2.45) is 0 Å². The lowest BCUT2D eigenvalue weighted by atomic mass is 10.2. The maximum absolute atomic E-state index is 13.3. The van der Waals surface area contributed by atoms with Crippen molar-refractivity contribution in [1.82, 2.24) is 10.3 Å². The highest BCUT2D eigenvalue weighted by Gasteiger charge is 2.46. The Morgan fingerprint density at radius 1 is 1.19 bits per heavy atom. The van der Waals surface area contributed by atoms with Gasteiger partial charge in [-0.15, -0.1) is 0 Å². The van der Waals surface area contributed by atoms with E-state index in [-0.39, 0.29) is 16.2 Å². The molecule has 1 aliphatic rings. The van der Waals surface area contributed by atoms with Gasteiger partial charge in [-0.2, -0.15) is 0 Å². The predicted molar refractivity (Wildman–Crippen MR) is 95.6 cm³/mol. The molecule has 2 atom stereocenters. The average molecular weight is 398 g/mol. The van der Waals surface area contributed by atoms with Crippen LogP contribution in [0, 0.1) is 12.7 Å². The molecular formula is C17H19FN2O4S2. The van der Waals surface area contributed by atoms with Crippen LogP contribution in [0.3, 0.4) is 0 Å². The van der Waals surface area contributed by atoms with Crippen molar-refractivity contribution in [2.75, 3.05) is 11.5 Å². The maximum atomic E-state index is 13.3. The Bertz CT molecular complexity index is 1010. The van der Waals surface area contributed by atoms with Gasteiger partial charge in [0.1, 0.15) is 5.82 Å². The van der Waals surface area contributed by atoms with E-state index in [1.165, 1.54) is 13.0 Å². The zero-order chi connectivity index (χ0) is 18.9. The largest absolute Gasteiger partial charge is 0.308 e. The average Bonchev–Trinajstić information content (AvgIpc) is 2.89. The van der Waals surface area contributed by atoms with Gasteiger partial charge in [-0.05, 0) is 48.4 Å². The fourth-order valence-corrected chi connectivity index (χ4v) is 8.10. The Morgan fingerprint density at radius 3 is 2.54 bits per heavy atom. The molecule has 0 amide bonds. The van der Waals surface area contributed by atoms with Crippen molar-refractivity contribution in [3.8, 4) is 0 Å². The summed E-state index contributed by atoms with van der Waals surface area (Å²) in [6.07, 6.45) is 3.22. The van der Waals surface area contributed by atoms with Gasteiger partial charge in [0.05, 0.1) is 21.7 Å². The summed E-state index contributed by atoms with van der Waals surface area (Å²) in [6.45, 7) is 1.83. The molecule has 1 aliphatic heterocycles. The van der Waals surface area contributed by atoms with Crippen molar-refractivity contribution in [1.29, 1.82) is 0 Å². The van der Waals surface area contributed by atoms with E-state index in [0.717, 1.165) is 17.7 Å². The number of pyridine rings is 1. The van der Waals surface area contributed by atoms with E-state index in [0.29, 0.717) is 6.54 Å². The number of hydrogen-bond acceptors (Lipinski definition) is 6. The molecule has 3 rings (SSSR count). The number of rotatable bonds is 5. The molecule has 0 spiro atoms. The second-order valence-corrected chi connectivity index (χ2v) is 10.7. The zero-order valence-electron chi connectivity index (χ0n) is 14.1. The topological polar surface area (TPSA) is 93.2 Å². The highest BCUT2D eigenvalue weighted by molar-refractivity contribution is 7.96. The fourth-order valence-electron chi connectivity index (χ4n) is 3.16. The standard InChI is InChI=1S/C17H19FN2O4S2/c1-12-8-14(18)2-3-16(12)26(23,24)17-11-25(21,22)10-15(17)20-9-13-4-6-19-7-5-13/h2-8,15,17,20H,9-11H2,1H3/t15-,17-/m0/s1. The third-order valence-corrected chi connectivity index (χ3v) is 8.77. The summed E-state index contributed by atoms with van der Waals surface area (Å²) in [5.41, 5.74) is 1.14. The van der Waals surface area contributed by atoms with Crippen LogP contribution in [0.15, 0.2) is 47.6 Å². The lowest BCUT2D eigenvalue weighted by molar-refractivity contribution is 0.525. The van der Waals surface area contributed by atoms with Crippen LogP contribution in [-0.4, -0.2) is 44.6 Å². The van der Waals surface area contributed by atoms with E-state index in [9.17, 15) is 21.2 Å². The smallest absolute Gasteiger partial charge is 0.184 e. The number of hydrogen-bond donors (Lipinski definition) is 1. The molecule has 1 saturated heterocycles. The molecule has 1 N–H and O–H groups in total. The molecule has 0 radical (unpaired) electrons. The number of sulfone groups is 2. The SMILES string of the molecule is Cc1cc(F)ccc1S(=O)(=O)[C@H]1CS(=O)(=O)C[C@@H]1NCc1ccncc1. The Kier molecular flexibility index (Phi) is 5.14. The zero-order valence-corrected chi connectivity index (χ0v) is 15.7. The molecule has 0 bridgehead atoms. The van der Waals surface area contributed by atoms with Gasteiger partial charge in [0.2, 0.25) is 0 Å². The molecular weight excluding hydrogens is 379 g/mol. The van der Waals surface area contributed by atoms with E-state index in [4.69, 9.17) is 0 Å². The molecule has 1 aromatic heterocycles. The first-order valence-corrected chi connectivity index (χ1v) is 11.4. The summed E-state index contributed by atoms with van der Waals surface area (Å²) in [4.78, 5) is 3.88. The number of nitrogens with one attached hydrogen (secondary N) is 1. The first-order chi connectivity index (χ1) is 12.2. The maximum Gasteiger partial charge on any atom is 0.184 e. The molecule has 140 valence electrons. The van der Waals surface area contributed by atoms with Crippen LogP contribution < -0.4 is 5.32 Å². The highest BCUT2D eigenvalue weighted by Crippen LogP contribution is 2.28. The van der Waals surface area contributed by atoms with E-state index >= 15 is 0 Å². The number of halogens is 1. The quantitative estimate of drug-likeness (QED) is 0.762. The molecule has 9 heteroatoms. The number of aryl methyl sites for hydroxylation is 1. The molecule has 1 fully saturated rings. The summed E-state index contributed by atoms with van der Waals surface area (Å²) in [5, 5.41) is 1.94. The van der Waals surface area contributed by atoms with Gasteiger partial charge in [-0.1, -0.05) is 0 Å². The summed E-state index contributed by atoms with van der Waals surface area (Å²) >= 11 is 0. The molecule has 6 nitrogen and oxygen atoms in total. The van der Waals surface area contributed by atoms with Gasteiger partial charge in [-0.3, -0.25) is 4.98 Å². The van der Waals surface area contributed by atoms with Crippen LogP contribution in [0.2, 0.25) is 0 Å². The minimum atomic E-state index is -3.93. The lowest BCUT2D eigenvalue weighted by Crippen LogP contribution is -2.43. The number of benzene rings is 1. The van der Waals surface area contributed by atoms with Gasteiger partial charge < -0.3 is 5.32 Å². The van der Waals surface area contributed by atoms with Gasteiger partial charge in [0.25, 0.3) is 0 Å². The Morgan fingerprint density at radius 2 is 1.88 bits per heavy atom. The molecule has 2 heterocycles. The molecule has 1 aromatic carbocycles. The van der Waals surface area contributed by atoms with Crippen LogP contribution >= 0.6 is 0 Å². The summed E-state index contributed by atoms with van der Waals surface area (Å²) in [7, 11) is -7.42. The molecule has 0 unspecified atom stereocenters. The first kappa shape index (κ1) is 18.9. The predicted octanol–water partition coefficient (Wildman–Crippen LogP) is 1.26. The minimum Gasteiger partial charge on any atom is -0.308 e. The van der Waals surface area contributed by atoms with Gasteiger partial charge >= 0.3 is 0 Å². The lowest BCUT2D eigenvalue weighted by Gasteiger charge is -2.21. The van der Waals surface area contributed by atoms with E-state index in [2.05, 4.69) is 10.3 Å². The van der Waals surface area contributed by atoms with Gasteiger partial charge in [0.15, 0.2) is 19.7 Å². The first-order valence-electron chi connectivity index (χ1n) is 8.02. The molecule has 0 aliphatic carbocycles. The summed E-state index contributed by atoms with van der Waals surface area (Å²) in [5.74, 6) is -1.23. The van der Waals surface area contributed by atoms with Crippen molar-refractivity contribution < 1.29 is 21.2 Å². The van der Waals surface area contributed by atoms with Crippen LogP contribution in [-0.2, 0) is 26.2 Å². The van der Waals surface area contributed by atoms with E-state index in [1.807, 2.05) is 0 Å². The second kappa shape index (κ2) is 7.05. The van der Waals surface area contributed by atoms with Crippen molar-refractivity contribution >= 4 is 19.7 Å². The van der Waals surface area contributed by atoms with Crippen molar-refractivity contribution in [3.05, 3.63) is 59.7 Å². The van der Waals surface area contributed by atoms with E-state index in [1.54, 1.807) is 24.5 Å². The normalized spacial score (nSPS) is 22.4. The molecule has 0 saturated carbocycles. The van der Waals surface area contributed by atoms with Gasteiger partial charge in [-0.25, -0.2) is 21.2 Å². The Balaban J connectivity index is 1.89. The monoisotopic (exact) mass is 398 g/mol. The van der Waals surface area contributed by atoms with Crippen LogP contribution in [0.25, 0.3) is 0 Å². The van der Waals surface area contributed by atoms with Crippen LogP contribution in [0.5, 0.6) is 0 Å². The highest BCUT2D eigenvalue weighted by atomic mass is 32.2. The minimum absolute atomic E-state index is 0.0308. The molecule has 26 heavy (non-hydrogen) atoms.